The summed E-state index contributed by atoms with van der Waals surface area (Å²) in [5.41, 5.74) is 4.03. The third kappa shape index (κ3) is 2.55. The van der Waals surface area contributed by atoms with Crippen LogP contribution in [0.1, 0.15) is 16.7 Å². The maximum Gasteiger partial charge on any atom is 0.0408 e. The molecule has 1 aliphatic carbocycles. The molecule has 1 unspecified atom stereocenters. The van der Waals surface area contributed by atoms with Crippen LogP contribution in [-0.4, -0.2) is 11.0 Å². The first-order valence-electron chi connectivity index (χ1n) is 6.21. The van der Waals surface area contributed by atoms with E-state index >= 15 is 0 Å². The van der Waals surface area contributed by atoms with Crippen LogP contribution in [0.25, 0.3) is 0 Å². The molecule has 0 radical (unpaired) electrons. The van der Waals surface area contributed by atoms with Gasteiger partial charge in [0.25, 0.3) is 0 Å². The van der Waals surface area contributed by atoms with E-state index in [1.165, 1.54) is 16.7 Å². The molecule has 0 saturated heterocycles. The predicted octanol–water partition coefficient (Wildman–Crippen LogP) is 2.99. The highest BCUT2D eigenvalue weighted by atomic mass is 35.5. The highest BCUT2D eigenvalue weighted by Gasteiger charge is 2.20. The Morgan fingerprint density at radius 2 is 2.11 bits per heavy atom. The summed E-state index contributed by atoms with van der Waals surface area (Å²) in [6.45, 7) is 0.875. The third-order valence-electron chi connectivity index (χ3n) is 3.42. The standard InChI is InChI=1S/C15H15ClN2/c16-14-4-3-12-7-15(8-13(12)6-14)18-10-11-2-1-5-17-9-11/h1-6,9,15,18H,7-8,10H2. The van der Waals surface area contributed by atoms with Gasteiger partial charge in [0.1, 0.15) is 0 Å². The summed E-state index contributed by atoms with van der Waals surface area (Å²) in [6, 6.07) is 10.8. The van der Waals surface area contributed by atoms with E-state index in [4.69, 9.17) is 11.6 Å². The number of pyridine rings is 1. The molecule has 1 aromatic carbocycles. The number of fused-ring (bicyclic) bond motifs is 1. The number of hydrogen-bond donors (Lipinski definition) is 1. The van der Waals surface area contributed by atoms with Crippen molar-refractivity contribution in [3.8, 4) is 0 Å². The van der Waals surface area contributed by atoms with Crippen LogP contribution in [-0.2, 0) is 19.4 Å². The normalized spacial score (nSPS) is 17.7. The quantitative estimate of drug-likeness (QED) is 0.916. The molecule has 0 fully saturated rings. The van der Waals surface area contributed by atoms with Crippen LogP contribution in [0, 0.1) is 0 Å². The lowest BCUT2D eigenvalue weighted by Crippen LogP contribution is -2.28. The van der Waals surface area contributed by atoms with Gasteiger partial charge in [-0.2, -0.15) is 0 Å². The fraction of sp³-hybridized carbons (Fsp3) is 0.267. The number of halogens is 1. The number of nitrogens with zero attached hydrogens (tertiary/aromatic N) is 1. The molecule has 0 bridgehead atoms. The SMILES string of the molecule is Clc1ccc2c(c1)CC(NCc1cccnc1)C2. The van der Waals surface area contributed by atoms with E-state index < -0.39 is 0 Å². The van der Waals surface area contributed by atoms with Gasteiger partial charge in [0.05, 0.1) is 0 Å². The number of rotatable bonds is 3. The Balaban J connectivity index is 1.61. The van der Waals surface area contributed by atoms with Crippen LogP contribution in [0.3, 0.4) is 0 Å². The summed E-state index contributed by atoms with van der Waals surface area (Å²) < 4.78 is 0. The molecule has 0 aliphatic heterocycles. The van der Waals surface area contributed by atoms with Crippen LogP contribution in [0.15, 0.2) is 42.7 Å². The predicted molar refractivity (Wildman–Crippen MR) is 73.7 cm³/mol. The van der Waals surface area contributed by atoms with Crippen molar-refractivity contribution in [2.24, 2.45) is 0 Å². The van der Waals surface area contributed by atoms with Crippen LogP contribution in [0.2, 0.25) is 5.02 Å². The number of aromatic nitrogens is 1. The fourth-order valence-corrected chi connectivity index (χ4v) is 2.69. The third-order valence-corrected chi connectivity index (χ3v) is 3.65. The molecule has 0 saturated carbocycles. The number of nitrogens with one attached hydrogen (secondary N) is 1. The minimum atomic E-state index is 0.513. The van der Waals surface area contributed by atoms with Crippen molar-refractivity contribution in [2.45, 2.75) is 25.4 Å². The lowest BCUT2D eigenvalue weighted by molar-refractivity contribution is 0.532. The Morgan fingerprint density at radius 1 is 1.22 bits per heavy atom. The minimum Gasteiger partial charge on any atom is -0.309 e. The van der Waals surface area contributed by atoms with Crippen LogP contribution in [0.4, 0.5) is 0 Å². The molecule has 92 valence electrons. The topological polar surface area (TPSA) is 24.9 Å². The summed E-state index contributed by atoms with van der Waals surface area (Å²) in [4.78, 5) is 4.12. The van der Waals surface area contributed by atoms with E-state index in [1.807, 2.05) is 18.3 Å². The zero-order valence-corrected chi connectivity index (χ0v) is 10.8. The summed E-state index contributed by atoms with van der Waals surface area (Å²) in [5, 5.41) is 4.42. The van der Waals surface area contributed by atoms with Crippen LogP contribution < -0.4 is 5.32 Å². The summed E-state index contributed by atoms with van der Waals surface area (Å²) in [5.74, 6) is 0. The van der Waals surface area contributed by atoms with E-state index in [-0.39, 0.29) is 0 Å². The van der Waals surface area contributed by atoms with Gasteiger partial charge in [0.15, 0.2) is 0 Å². The first-order valence-corrected chi connectivity index (χ1v) is 6.58. The Hall–Kier alpha value is -1.38. The van der Waals surface area contributed by atoms with Gasteiger partial charge in [0, 0.05) is 30.0 Å². The van der Waals surface area contributed by atoms with E-state index in [2.05, 4.69) is 28.5 Å². The Morgan fingerprint density at radius 3 is 2.94 bits per heavy atom. The number of benzene rings is 1. The molecule has 2 aromatic rings. The average Bonchev–Trinajstić information content (AvgIpc) is 2.79. The largest absolute Gasteiger partial charge is 0.309 e. The maximum atomic E-state index is 6.02. The zero-order valence-electron chi connectivity index (χ0n) is 10.1. The molecule has 1 aromatic heterocycles. The van der Waals surface area contributed by atoms with Gasteiger partial charge < -0.3 is 5.32 Å². The summed E-state index contributed by atoms with van der Waals surface area (Å²) >= 11 is 6.02. The molecule has 1 N–H and O–H groups in total. The van der Waals surface area contributed by atoms with Crippen molar-refractivity contribution in [2.75, 3.05) is 0 Å². The Labute approximate surface area is 112 Å². The van der Waals surface area contributed by atoms with E-state index in [0.717, 1.165) is 24.4 Å². The highest BCUT2D eigenvalue weighted by Crippen LogP contribution is 2.25. The monoisotopic (exact) mass is 258 g/mol. The Bertz CT molecular complexity index is 539. The smallest absolute Gasteiger partial charge is 0.0408 e. The second kappa shape index (κ2) is 5.09. The Kier molecular flexibility index (Phi) is 3.31. The van der Waals surface area contributed by atoms with Gasteiger partial charge >= 0.3 is 0 Å². The number of hydrogen-bond acceptors (Lipinski definition) is 2. The summed E-state index contributed by atoms with van der Waals surface area (Å²) in [7, 11) is 0. The highest BCUT2D eigenvalue weighted by molar-refractivity contribution is 6.30. The molecule has 0 spiro atoms. The molecule has 3 rings (SSSR count). The van der Waals surface area contributed by atoms with E-state index in [1.54, 1.807) is 6.20 Å². The molecule has 1 aliphatic rings. The first kappa shape index (κ1) is 11.7. The fourth-order valence-electron chi connectivity index (χ4n) is 2.50. The molecule has 2 nitrogen and oxygen atoms in total. The van der Waals surface area contributed by atoms with Gasteiger partial charge in [-0.05, 0) is 47.7 Å². The average molecular weight is 259 g/mol. The summed E-state index contributed by atoms with van der Waals surface area (Å²) in [6.07, 6.45) is 5.87. The van der Waals surface area contributed by atoms with Gasteiger partial charge in [-0.25, -0.2) is 0 Å². The van der Waals surface area contributed by atoms with Crippen molar-refractivity contribution in [1.82, 2.24) is 10.3 Å². The van der Waals surface area contributed by atoms with Crippen molar-refractivity contribution in [3.05, 3.63) is 64.4 Å². The van der Waals surface area contributed by atoms with Crippen molar-refractivity contribution >= 4 is 11.6 Å². The van der Waals surface area contributed by atoms with Crippen molar-refractivity contribution in [3.63, 3.8) is 0 Å². The lowest BCUT2D eigenvalue weighted by Gasteiger charge is -2.11. The van der Waals surface area contributed by atoms with Crippen molar-refractivity contribution in [1.29, 1.82) is 0 Å². The molecule has 3 heteroatoms. The second-order valence-electron chi connectivity index (χ2n) is 4.76. The zero-order chi connectivity index (χ0) is 12.4. The molecule has 0 amide bonds. The molecule has 18 heavy (non-hydrogen) atoms. The van der Waals surface area contributed by atoms with Gasteiger partial charge in [0.2, 0.25) is 0 Å². The second-order valence-corrected chi connectivity index (χ2v) is 5.20. The molecule has 1 heterocycles. The van der Waals surface area contributed by atoms with Gasteiger partial charge in [-0.3, -0.25) is 4.98 Å². The molecular formula is C15H15ClN2. The maximum absolute atomic E-state index is 6.02. The van der Waals surface area contributed by atoms with Crippen molar-refractivity contribution < 1.29 is 0 Å². The van der Waals surface area contributed by atoms with Gasteiger partial charge in [-0.15, -0.1) is 0 Å². The van der Waals surface area contributed by atoms with Crippen LogP contribution >= 0.6 is 11.6 Å². The molecular weight excluding hydrogens is 244 g/mol. The van der Waals surface area contributed by atoms with E-state index in [0.29, 0.717) is 6.04 Å². The van der Waals surface area contributed by atoms with Crippen LogP contribution in [0.5, 0.6) is 0 Å². The lowest BCUT2D eigenvalue weighted by atomic mass is 10.1. The van der Waals surface area contributed by atoms with Gasteiger partial charge in [-0.1, -0.05) is 23.7 Å². The van der Waals surface area contributed by atoms with E-state index in [9.17, 15) is 0 Å². The first-order chi connectivity index (χ1) is 8.81. The molecule has 1 atom stereocenters. The minimum absolute atomic E-state index is 0.513.